The highest BCUT2D eigenvalue weighted by Gasteiger charge is 2.13. The third-order valence-corrected chi connectivity index (χ3v) is 3.49. The van der Waals surface area contributed by atoms with Crippen molar-refractivity contribution < 1.29 is 9.90 Å². The molecule has 0 aliphatic rings. The van der Waals surface area contributed by atoms with Gasteiger partial charge in [-0.1, -0.05) is 0 Å². The van der Waals surface area contributed by atoms with E-state index in [0.29, 0.717) is 5.69 Å². The summed E-state index contributed by atoms with van der Waals surface area (Å²) in [7, 11) is 0. The molecular weight excluding hydrogens is 248 g/mol. The maximum Gasteiger partial charge on any atom is 0.268 e. The Labute approximate surface area is 110 Å². The molecule has 1 unspecified atom stereocenters. The van der Waals surface area contributed by atoms with Crippen molar-refractivity contribution in [1.82, 2.24) is 9.88 Å². The minimum atomic E-state index is -0.648. The van der Waals surface area contributed by atoms with E-state index in [2.05, 4.69) is 5.32 Å². The van der Waals surface area contributed by atoms with Gasteiger partial charge in [-0.3, -0.25) is 4.79 Å². The molecule has 0 aliphatic carbocycles. The van der Waals surface area contributed by atoms with E-state index in [1.165, 1.54) is 11.3 Å². The highest BCUT2D eigenvalue weighted by molar-refractivity contribution is 7.07. The van der Waals surface area contributed by atoms with Crippen molar-refractivity contribution in [2.75, 3.05) is 6.54 Å². The van der Waals surface area contributed by atoms with Crippen LogP contribution < -0.4 is 5.32 Å². The Morgan fingerprint density at radius 2 is 2.39 bits per heavy atom. The van der Waals surface area contributed by atoms with E-state index in [1.54, 1.807) is 6.07 Å². The molecule has 0 saturated heterocycles. The van der Waals surface area contributed by atoms with Crippen LogP contribution in [0.25, 0.3) is 0 Å². The molecule has 5 heteroatoms. The SMILES string of the molecule is CCn1cccc1C(=O)NCC(O)c1ccsc1. The molecule has 2 rings (SSSR count). The molecular formula is C13H16N2O2S. The van der Waals surface area contributed by atoms with Gasteiger partial charge in [-0.25, -0.2) is 0 Å². The Bertz CT molecular complexity index is 505. The molecule has 0 fully saturated rings. The number of aliphatic hydroxyl groups is 1. The summed E-state index contributed by atoms with van der Waals surface area (Å²) in [5, 5.41) is 16.4. The zero-order chi connectivity index (χ0) is 13.0. The first-order valence-corrected chi connectivity index (χ1v) is 6.80. The zero-order valence-electron chi connectivity index (χ0n) is 10.2. The second-order valence-electron chi connectivity index (χ2n) is 3.96. The normalized spacial score (nSPS) is 12.3. The van der Waals surface area contributed by atoms with Gasteiger partial charge in [0.2, 0.25) is 0 Å². The number of nitrogens with zero attached hydrogens (tertiary/aromatic N) is 1. The Morgan fingerprint density at radius 3 is 3.06 bits per heavy atom. The lowest BCUT2D eigenvalue weighted by Gasteiger charge is -2.11. The highest BCUT2D eigenvalue weighted by Crippen LogP contribution is 2.15. The number of hydrogen-bond acceptors (Lipinski definition) is 3. The van der Waals surface area contributed by atoms with Gasteiger partial charge in [0.15, 0.2) is 0 Å². The van der Waals surface area contributed by atoms with Gasteiger partial charge in [0.05, 0.1) is 6.10 Å². The Balaban J connectivity index is 1.93. The number of aryl methyl sites for hydroxylation is 1. The van der Waals surface area contributed by atoms with Crippen molar-refractivity contribution in [3.05, 3.63) is 46.4 Å². The summed E-state index contributed by atoms with van der Waals surface area (Å²) < 4.78 is 1.87. The van der Waals surface area contributed by atoms with Crippen LogP contribution in [0.3, 0.4) is 0 Å². The van der Waals surface area contributed by atoms with Crippen LogP contribution in [-0.2, 0) is 6.54 Å². The number of thiophene rings is 1. The number of amides is 1. The number of rotatable bonds is 5. The van der Waals surface area contributed by atoms with Crippen molar-refractivity contribution in [2.24, 2.45) is 0 Å². The lowest BCUT2D eigenvalue weighted by molar-refractivity contribution is 0.0907. The maximum absolute atomic E-state index is 11.9. The van der Waals surface area contributed by atoms with E-state index in [1.807, 2.05) is 40.6 Å². The summed E-state index contributed by atoms with van der Waals surface area (Å²) in [5.74, 6) is -0.156. The molecule has 96 valence electrons. The predicted octanol–water partition coefficient (Wildman–Crippen LogP) is 2.03. The van der Waals surface area contributed by atoms with Crippen LogP contribution in [0.5, 0.6) is 0 Å². The molecule has 0 radical (unpaired) electrons. The van der Waals surface area contributed by atoms with E-state index in [9.17, 15) is 9.90 Å². The van der Waals surface area contributed by atoms with E-state index in [-0.39, 0.29) is 12.5 Å². The van der Waals surface area contributed by atoms with Crippen molar-refractivity contribution in [1.29, 1.82) is 0 Å². The van der Waals surface area contributed by atoms with Gasteiger partial charge in [-0.2, -0.15) is 11.3 Å². The molecule has 0 spiro atoms. The fraction of sp³-hybridized carbons (Fsp3) is 0.308. The van der Waals surface area contributed by atoms with Crippen LogP contribution in [0.1, 0.15) is 29.1 Å². The maximum atomic E-state index is 11.9. The molecule has 0 saturated carbocycles. The molecule has 2 N–H and O–H groups in total. The lowest BCUT2D eigenvalue weighted by Crippen LogP contribution is -2.29. The van der Waals surface area contributed by atoms with Crippen LogP contribution in [0.4, 0.5) is 0 Å². The topological polar surface area (TPSA) is 54.3 Å². The average Bonchev–Trinajstić information content (AvgIpc) is 3.04. The van der Waals surface area contributed by atoms with Crippen LogP contribution in [0.2, 0.25) is 0 Å². The van der Waals surface area contributed by atoms with Gasteiger partial charge in [0.25, 0.3) is 5.91 Å². The smallest absolute Gasteiger partial charge is 0.268 e. The standard InChI is InChI=1S/C13H16N2O2S/c1-2-15-6-3-4-11(15)13(17)14-8-12(16)10-5-7-18-9-10/h3-7,9,12,16H,2,8H2,1H3,(H,14,17). The monoisotopic (exact) mass is 264 g/mol. The van der Waals surface area contributed by atoms with Crippen molar-refractivity contribution in [3.63, 3.8) is 0 Å². The van der Waals surface area contributed by atoms with E-state index >= 15 is 0 Å². The average molecular weight is 264 g/mol. The zero-order valence-corrected chi connectivity index (χ0v) is 11.0. The summed E-state index contributed by atoms with van der Waals surface area (Å²) in [5.41, 5.74) is 1.46. The summed E-state index contributed by atoms with van der Waals surface area (Å²) in [6.07, 6.45) is 1.22. The summed E-state index contributed by atoms with van der Waals surface area (Å²) in [6, 6.07) is 5.47. The second-order valence-corrected chi connectivity index (χ2v) is 4.74. The molecule has 0 aliphatic heterocycles. The number of aliphatic hydroxyl groups excluding tert-OH is 1. The molecule has 18 heavy (non-hydrogen) atoms. The van der Waals surface area contributed by atoms with E-state index < -0.39 is 6.10 Å². The van der Waals surface area contributed by atoms with E-state index in [0.717, 1.165) is 12.1 Å². The molecule has 4 nitrogen and oxygen atoms in total. The van der Waals surface area contributed by atoms with Crippen LogP contribution in [0, 0.1) is 0 Å². The number of carbonyl (C=O) groups is 1. The van der Waals surface area contributed by atoms with Crippen LogP contribution in [0.15, 0.2) is 35.2 Å². The van der Waals surface area contributed by atoms with Crippen LogP contribution in [-0.4, -0.2) is 22.1 Å². The second kappa shape index (κ2) is 5.84. The van der Waals surface area contributed by atoms with Gasteiger partial charge in [-0.05, 0) is 41.4 Å². The first-order valence-electron chi connectivity index (χ1n) is 5.86. The van der Waals surface area contributed by atoms with Gasteiger partial charge in [0.1, 0.15) is 5.69 Å². The molecule has 2 aromatic heterocycles. The summed E-state index contributed by atoms with van der Waals surface area (Å²) >= 11 is 1.53. The van der Waals surface area contributed by atoms with Gasteiger partial charge >= 0.3 is 0 Å². The number of aromatic nitrogens is 1. The number of carbonyl (C=O) groups excluding carboxylic acids is 1. The summed E-state index contributed by atoms with van der Waals surface area (Å²) in [4.78, 5) is 11.9. The molecule has 1 atom stereocenters. The third kappa shape index (κ3) is 2.80. The Morgan fingerprint density at radius 1 is 1.56 bits per heavy atom. The van der Waals surface area contributed by atoms with Gasteiger partial charge in [0, 0.05) is 19.3 Å². The first-order chi connectivity index (χ1) is 8.72. The minimum absolute atomic E-state index is 0.156. The number of hydrogen-bond donors (Lipinski definition) is 2. The quantitative estimate of drug-likeness (QED) is 0.868. The third-order valence-electron chi connectivity index (χ3n) is 2.79. The Hall–Kier alpha value is -1.59. The number of nitrogens with one attached hydrogen (secondary N) is 1. The van der Waals surface area contributed by atoms with Gasteiger partial charge in [-0.15, -0.1) is 0 Å². The predicted molar refractivity (Wildman–Crippen MR) is 71.7 cm³/mol. The molecule has 2 heterocycles. The minimum Gasteiger partial charge on any atom is -0.387 e. The first kappa shape index (κ1) is 12.9. The van der Waals surface area contributed by atoms with E-state index in [4.69, 9.17) is 0 Å². The van der Waals surface area contributed by atoms with Gasteiger partial charge < -0.3 is 15.0 Å². The largest absolute Gasteiger partial charge is 0.387 e. The van der Waals surface area contributed by atoms with Crippen molar-refractivity contribution >= 4 is 17.2 Å². The summed E-state index contributed by atoms with van der Waals surface area (Å²) in [6.45, 7) is 2.96. The van der Waals surface area contributed by atoms with Crippen molar-refractivity contribution in [2.45, 2.75) is 19.6 Å². The molecule has 1 amide bonds. The molecule has 0 aromatic carbocycles. The highest BCUT2D eigenvalue weighted by atomic mass is 32.1. The lowest BCUT2D eigenvalue weighted by atomic mass is 10.2. The fourth-order valence-corrected chi connectivity index (χ4v) is 2.47. The molecule has 2 aromatic rings. The molecule has 0 bridgehead atoms. The van der Waals surface area contributed by atoms with Crippen molar-refractivity contribution in [3.8, 4) is 0 Å². The van der Waals surface area contributed by atoms with Crippen LogP contribution >= 0.6 is 11.3 Å². The Kier molecular flexibility index (Phi) is 4.17. The fourth-order valence-electron chi connectivity index (χ4n) is 1.76.